The van der Waals surface area contributed by atoms with E-state index in [0.29, 0.717) is 17.7 Å². The van der Waals surface area contributed by atoms with E-state index in [2.05, 4.69) is 47.0 Å². The Hall–Kier alpha value is -2.93. The number of carbonyl (C=O) groups is 2. The van der Waals surface area contributed by atoms with E-state index < -0.39 is 5.92 Å². The third-order valence-electron chi connectivity index (χ3n) is 5.53. The van der Waals surface area contributed by atoms with E-state index in [9.17, 15) is 14.4 Å². The van der Waals surface area contributed by atoms with Crippen molar-refractivity contribution in [2.45, 2.75) is 32.6 Å². The maximum Gasteiger partial charge on any atom is 0.248 e. The van der Waals surface area contributed by atoms with Crippen LogP contribution in [-0.2, 0) is 15.0 Å². The lowest BCUT2D eigenvalue weighted by atomic mass is 9.85. The van der Waals surface area contributed by atoms with Crippen LogP contribution in [0.5, 0.6) is 0 Å². The molecule has 6 nitrogen and oxygen atoms in total. The predicted molar refractivity (Wildman–Crippen MR) is 127 cm³/mol. The molecule has 2 N–H and O–H groups in total. The second kappa shape index (κ2) is 7.96. The normalized spacial score (nSPS) is 16.7. The molecule has 1 fully saturated rings. The maximum absolute atomic E-state index is 12.9. The first-order valence-corrected chi connectivity index (χ1v) is 11.0. The lowest BCUT2D eigenvalue weighted by Gasteiger charge is -2.21. The summed E-state index contributed by atoms with van der Waals surface area (Å²) in [7, 11) is 0. The fraction of sp³-hybridized carbons (Fsp3) is 0.292. The van der Waals surface area contributed by atoms with Crippen molar-refractivity contribution in [1.82, 2.24) is 4.98 Å². The number of aromatic amines is 1. The van der Waals surface area contributed by atoms with E-state index in [1.807, 2.05) is 36.4 Å². The fourth-order valence-electron chi connectivity index (χ4n) is 3.98. The van der Waals surface area contributed by atoms with Crippen molar-refractivity contribution in [2.24, 2.45) is 5.92 Å². The molecule has 0 aliphatic carbocycles. The first-order chi connectivity index (χ1) is 14.6. The molecule has 4 rings (SSSR count). The smallest absolute Gasteiger partial charge is 0.248 e. The number of H-pyrrole nitrogens is 1. The standard InChI is InChI=1S/C24H24BrN3O3/c1-24(2,3)19-12-21(29)27-20-11-16(7-8-18(19)20)26-23(31)14-9-22(30)28(13-14)17-6-4-5-15(25)10-17/h4-8,10-12,14H,9,13H2,1-3H3,(H,26,31)(H,27,29). The summed E-state index contributed by atoms with van der Waals surface area (Å²) >= 11 is 3.42. The van der Waals surface area contributed by atoms with Crippen LogP contribution >= 0.6 is 15.9 Å². The number of nitrogens with one attached hydrogen (secondary N) is 2. The third-order valence-corrected chi connectivity index (χ3v) is 6.03. The minimum Gasteiger partial charge on any atom is -0.326 e. The number of hydrogen-bond acceptors (Lipinski definition) is 3. The Bertz CT molecular complexity index is 1240. The number of nitrogens with zero attached hydrogens (tertiary/aromatic N) is 1. The summed E-state index contributed by atoms with van der Waals surface area (Å²) in [6.45, 7) is 6.51. The second-order valence-electron chi connectivity index (χ2n) is 8.93. The van der Waals surface area contributed by atoms with Crippen molar-refractivity contribution in [3.8, 4) is 0 Å². The van der Waals surface area contributed by atoms with Crippen LogP contribution in [0.15, 0.2) is 57.8 Å². The SMILES string of the molecule is CC(C)(C)c1cc(=O)[nH]c2cc(NC(=O)C3CC(=O)N(c4cccc(Br)c4)C3)ccc12. The van der Waals surface area contributed by atoms with Gasteiger partial charge in [0.25, 0.3) is 0 Å². The van der Waals surface area contributed by atoms with Crippen LogP contribution in [0, 0.1) is 5.92 Å². The lowest BCUT2D eigenvalue weighted by Crippen LogP contribution is -2.28. The Morgan fingerprint density at radius 1 is 1.13 bits per heavy atom. The van der Waals surface area contributed by atoms with Gasteiger partial charge in [-0.1, -0.05) is 48.8 Å². The molecule has 1 saturated heterocycles. The van der Waals surface area contributed by atoms with E-state index in [0.717, 1.165) is 21.1 Å². The Labute approximate surface area is 188 Å². The first-order valence-electron chi connectivity index (χ1n) is 10.2. The predicted octanol–water partition coefficient (Wildman–Crippen LogP) is 4.58. The van der Waals surface area contributed by atoms with E-state index in [1.54, 1.807) is 17.0 Å². The van der Waals surface area contributed by atoms with Gasteiger partial charge in [0, 0.05) is 40.3 Å². The van der Waals surface area contributed by atoms with Crippen molar-refractivity contribution >= 4 is 50.0 Å². The minimum absolute atomic E-state index is 0.0732. The molecule has 1 unspecified atom stereocenters. The zero-order valence-corrected chi connectivity index (χ0v) is 19.2. The minimum atomic E-state index is -0.442. The number of anilines is 2. The van der Waals surface area contributed by atoms with Crippen LogP contribution in [0.2, 0.25) is 0 Å². The summed E-state index contributed by atoms with van der Waals surface area (Å²) < 4.78 is 0.880. The van der Waals surface area contributed by atoms with Gasteiger partial charge in [-0.15, -0.1) is 0 Å². The number of amides is 2. The van der Waals surface area contributed by atoms with Crippen molar-refractivity contribution in [3.63, 3.8) is 0 Å². The van der Waals surface area contributed by atoms with Gasteiger partial charge >= 0.3 is 0 Å². The number of hydrogen-bond donors (Lipinski definition) is 2. The van der Waals surface area contributed by atoms with Crippen molar-refractivity contribution in [3.05, 3.63) is 68.9 Å². The van der Waals surface area contributed by atoms with E-state index in [4.69, 9.17) is 0 Å². The van der Waals surface area contributed by atoms with Crippen LogP contribution in [0.25, 0.3) is 10.9 Å². The Kier molecular flexibility index (Phi) is 5.47. The zero-order valence-electron chi connectivity index (χ0n) is 17.7. The molecule has 7 heteroatoms. The average molecular weight is 482 g/mol. The van der Waals surface area contributed by atoms with Crippen LogP contribution in [0.1, 0.15) is 32.8 Å². The van der Waals surface area contributed by atoms with Gasteiger partial charge in [0.2, 0.25) is 17.4 Å². The molecule has 0 radical (unpaired) electrons. The molecule has 1 aromatic heterocycles. The Balaban J connectivity index is 1.55. The highest BCUT2D eigenvalue weighted by atomic mass is 79.9. The summed E-state index contributed by atoms with van der Waals surface area (Å²) in [6, 6.07) is 14.6. The fourth-order valence-corrected chi connectivity index (χ4v) is 4.37. The molecule has 1 aliphatic heterocycles. The summed E-state index contributed by atoms with van der Waals surface area (Å²) in [6.07, 6.45) is 0.164. The molecule has 2 heterocycles. The van der Waals surface area contributed by atoms with Gasteiger partial charge in [-0.25, -0.2) is 0 Å². The van der Waals surface area contributed by atoms with Crippen LogP contribution in [-0.4, -0.2) is 23.3 Å². The molecule has 1 aliphatic rings. The monoisotopic (exact) mass is 481 g/mol. The van der Waals surface area contributed by atoms with Gasteiger partial charge in [0.05, 0.1) is 11.4 Å². The number of pyridine rings is 1. The lowest BCUT2D eigenvalue weighted by molar-refractivity contribution is -0.122. The maximum atomic E-state index is 12.9. The van der Waals surface area contributed by atoms with Crippen LogP contribution in [0.4, 0.5) is 11.4 Å². The zero-order chi connectivity index (χ0) is 22.3. The number of carbonyl (C=O) groups excluding carboxylic acids is 2. The Morgan fingerprint density at radius 2 is 1.90 bits per heavy atom. The summed E-state index contributed by atoms with van der Waals surface area (Å²) in [5, 5.41) is 3.85. The molecule has 31 heavy (non-hydrogen) atoms. The molecule has 2 aromatic carbocycles. The summed E-state index contributed by atoms with van der Waals surface area (Å²) in [5.41, 5.74) is 2.63. The number of aromatic nitrogens is 1. The average Bonchev–Trinajstić information content (AvgIpc) is 3.08. The highest BCUT2D eigenvalue weighted by Gasteiger charge is 2.35. The number of halogens is 1. The molecule has 3 aromatic rings. The topological polar surface area (TPSA) is 82.3 Å². The van der Waals surface area contributed by atoms with Crippen LogP contribution < -0.4 is 15.8 Å². The highest BCUT2D eigenvalue weighted by Crippen LogP contribution is 2.30. The van der Waals surface area contributed by atoms with E-state index in [-0.39, 0.29) is 29.2 Å². The van der Waals surface area contributed by atoms with Gasteiger partial charge in [-0.3, -0.25) is 14.4 Å². The quantitative estimate of drug-likeness (QED) is 0.574. The summed E-state index contributed by atoms with van der Waals surface area (Å²) in [4.78, 5) is 42.0. The largest absolute Gasteiger partial charge is 0.326 e. The highest BCUT2D eigenvalue weighted by molar-refractivity contribution is 9.10. The van der Waals surface area contributed by atoms with Crippen molar-refractivity contribution in [2.75, 3.05) is 16.8 Å². The number of fused-ring (bicyclic) bond motifs is 1. The molecule has 0 spiro atoms. The molecule has 1 atom stereocenters. The number of rotatable bonds is 3. The van der Waals surface area contributed by atoms with Gasteiger partial charge in [0.1, 0.15) is 0 Å². The van der Waals surface area contributed by atoms with Crippen LogP contribution in [0.3, 0.4) is 0 Å². The molecule has 0 saturated carbocycles. The third kappa shape index (κ3) is 4.42. The van der Waals surface area contributed by atoms with Crippen molar-refractivity contribution < 1.29 is 9.59 Å². The molecule has 160 valence electrons. The molecular weight excluding hydrogens is 458 g/mol. The molecular formula is C24H24BrN3O3. The van der Waals surface area contributed by atoms with E-state index >= 15 is 0 Å². The van der Waals surface area contributed by atoms with Crippen molar-refractivity contribution in [1.29, 1.82) is 0 Å². The first kappa shape index (κ1) is 21.3. The van der Waals surface area contributed by atoms with Gasteiger partial charge in [-0.05, 0) is 41.3 Å². The summed E-state index contributed by atoms with van der Waals surface area (Å²) in [5.74, 6) is -0.724. The molecule has 0 bridgehead atoms. The number of benzene rings is 2. The molecule has 2 amide bonds. The second-order valence-corrected chi connectivity index (χ2v) is 9.85. The Morgan fingerprint density at radius 3 is 2.61 bits per heavy atom. The van der Waals surface area contributed by atoms with Gasteiger partial charge in [0.15, 0.2) is 0 Å². The van der Waals surface area contributed by atoms with Gasteiger partial charge < -0.3 is 15.2 Å². The van der Waals surface area contributed by atoms with E-state index in [1.165, 1.54) is 0 Å². The van der Waals surface area contributed by atoms with Gasteiger partial charge in [-0.2, -0.15) is 0 Å².